The summed E-state index contributed by atoms with van der Waals surface area (Å²) in [6.45, 7) is 18.1. The Morgan fingerprint density at radius 2 is 1.13 bits per heavy atom. The van der Waals surface area contributed by atoms with Crippen LogP contribution in [0.25, 0.3) is 45.1 Å². The second-order valence-corrected chi connectivity index (χ2v) is 16.4. The highest BCUT2D eigenvalue weighted by Crippen LogP contribution is 2.24. The Hall–Kier alpha value is -6.56. The summed E-state index contributed by atoms with van der Waals surface area (Å²) < 4.78 is 6.90. The van der Waals surface area contributed by atoms with Crippen LogP contribution in [0.2, 0.25) is 0 Å². The van der Waals surface area contributed by atoms with Gasteiger partial charge in [0.05, 0.1) is 69.0 Å². The van der Waals surface area contributed by atoms with E-state index in [4.69, 9.17) is 15.1 Å². The molecule has 2 atom stereocenters. The third kappa shape index (κ3) is 8.76. The molecule has 0 spiro atoms. The van der Waals surface area contributed by atoms with E-state index < -0.39 is 0 Å². The van der Waals surface area contributed by atoms with E-state index in [1.807, 2.05) is 78.0 Å². The van der Waals surface area contributed by atoms with E-state index in [0.717, 1.165) is 104 Å². The number of nitrogens with one attached hydrogen (secondary N) is 1. The lowest BCUT2D eigenvalue weighted by molar-refractivity contribution is 0.234. The smallest absolute Gasteiger partial charge is 0.258 e. The monoisotopic (exact) mass is 852 g/mol. The molecule has 0 radical (unpaired) electrons. The highest BCUT2D eigenvalue weighted by molar-refractivity contribution is 5.68. The molecule has 2 saturated heterocycles. The van der Waals surface area contributed by atoms with Crippen LogP contribution in [0.4, 0.5) is 11.4 Å². The first-order valence-corrected chi connectivity index (χ1v) is 21.6. The summed E-state index contributed by atoms with van der Waals surface area (Å²) in [7, 11) is 3.15. The van der Waals surface area contributed by atoms with E-state index in [2.05, 4.69) is 81.0 Å². The zero-order chi connectivity index (χ0) is 44.5. The van der Waals surface area contributed by atoms with Gasteiger partial charge in [0, 0.05) is 83.0 Å². The summed E-state index contributed by atoms with van der Waals surface area (Å²) in [5.41, 5.74) is 11.3. The van der Waals surface area contributed by atoms with Crippen LogP contribution in [0.5, 0.6) is 0 Å². The SMILES string of the molecule is CCc1nc(C)cn2nc(-c3cc(=O)n4cc(N5CCN(C)[C@H](C)C5)ccc4n3)cc12.CCc1nc(C)cn2nc(-c3cc(=O)n4cc(N5CCN[C@H](C)C5)ccc4n3)cc12.CO. The van der Waals surface area contributed by atoms with Crippen molar-refractivity contribution in [1.29, 1.82) is 0 Å². The number of hydrogen-bond donors (Lipinski definition) is 2. The summed E-state index contributed by atoms with van der Waals surface area (Å²) in [4.78, 5) is 51.5. The average molecular weight is 853 g/mol. The molecule has 8 aromatic heterocycles. The van der Waals surface area contributed by atoms with E-state index in [1.54, 1.807) is 20.9 Å². The Balaban J connectivity index is 0.000000166. The van der Waals surface area contributed by atoms with Crippen molar-refractivity contribution >= 4 is 33.7 Å². The minimum Gasteiger partial charge on any atom is -0.400 e. The first-order chi connectivity index (χ1) is 30.4. The second kappa shape index (κ2) is 18.0. The van der Waals surface area contributed by atoms with Crippen molar-refractivity contribution < 1.29 is 5.11 Å². The molecule has 10 rings (SSSR count). The van der Waals surface area contributed by atoms with Gasteiger partial charge in [-0.25, -0.2) is 19.0 Å². The lowest BCUT2D eigenvalue weighted by Gasteiger charge is -2.39. The first kappa shape index (κ1) is 43.1. The summed E-state index contributed by atoms with van der Waals surface area (Å²) in [5.74, 6) is 0. The zero-order valence-electron chi connectivity index (χ0n) is 37.3. The fraction of sp³-hybridized carbons (Fsp3) is 0.391. The molecule has 0 saturated carbocycles. The van der Waals surface area contributed by atoms with Gasteiger partial charge in [0.15, 0.2) is 0 Å². The maximum atomic E-state index is 13.0. The van der Waals surface area contributed by atoms with Gasteiger partial charge >= 0.3 is 0 Å². The van der Waals surface area contributed by atoms with Gasteiger partial charge in [-0.05, 0) is 84.0 Å². The molecule has 0 aliphatic carbocycles. The van der Waals surface area contributed by atoms with Gasteiger partial charge < -0.3 is 25.1 Å². The van der Waals surface area contributed by atoms with Crippen molar-refractivity contribution in [3.8, 4) is 22.8 Å². The maximum Gasteiger partial charge on any atom is 0.258 e. The largest absolute Gasteiger partial charge is 0.400 e. The van der Waals surface area contributed by atoms with Gasteiger partial charge in [-0.2, -0.15) is 10.2 Å². The summed E-state index contributed by atoms with van der Waals surface area (Å²) in [6.07, 6.45) is 9.22. The fourth-order valence-corrected chi connectivity index (χ4v) is 8.41. The molecular weight excluding hydrogens is 797 g/mol. The molecule has 17 nitrogen and oxygen atoms in total. The van der Waals surface area contributed by atoms with Crippen LogP contribution in [-0.2, 0) is 12.8 Å². The van der Waals surface area contributed by atoms with Crippen LogP contribution in [0.1, 0.15) is 50.5 Å². The topological polar surface area (TPSA) is 171 Å². The second-order valence-electron chi connectivity index (χ2n) is 16.4. The van der Waals surface area contributed by atoms with Gasteiger partial charge in [0.2, 0.25) is 0 Å². The number of anilines is 2. The summed E-state index contributed by atoms with van der Waals surface area (Å²) >= 11 is 0. The van der Waals surface area contributed by atoms with Crippen molar-refractivity contribution in [3.63, 3.8) is 0 Å². The van der Waals surface area contributed by atoms with Crippen molar-refractivity contribution in [2.45, 2.75) is 66.5 Å². The van der Waals surface area contributed by atoms with Crippen molar-refractivity contribution in [2.75, 3.05) is 63.2 Å². The molecule has 2 aliphatic rings. The molecule has 0 unspecified atom stereocenters. The van der Waals surface area contributed by atoms with Crippen LogP contribution in [0.3, 0.4) is 0 Å². The molecule has 0 bridgehead atoms. The summed E-state index contributed by atoms with van der Waals surface area (Å²) in [6, 6.07) is 15.9. The zero-order valence-corrected chi connectivity index (χ0v) is 37.3. The Bertz CT molecular complexity index is 3060. The highest BCUT2D eigenvalue weighted by atomic mass is 16.2. The van der Waals surface area contributed by atoms with Crippen LogP contribution in [-0.4, -0.2) is 123 Å². The van der Waals surface area contributed by atoms with Crippen LogP contribution < -0.4 is 26.2 Å². The molecule has 328 valence electrons. The Kier molecular flexibility index (Phi) is 12.3. The molecule has 0 aromatic carbocycles. The molecule has 17 heteroatoms. The molecule has 2 aliphatic heterocycles. The Labute approximate surface area is 365 Å². The number of pyridine rings is 2. The standard InChI is InChI=1S/C23H27N7O.C22H25N7O.CH4O/c1-5-18-21-10-20(26-30(21)12-15(2)24-18)19-11-23(31)29-14-17(6-7-22(29)25-19)28-9-8-27(4)16(3)13-28;1-4-17-20-9-19(26-29(20)12-15(3)24-17)18-10-22(30)28-13-16(5-6-21(28)25-18)27-8-7-23-14(2)11-27;1-2/h6-7,10-12,14,16H,5,8-9,13H2,1-4H3;5-6,9-10,12-14,23H,4,7-8,11H2,1-3H3;2H,1H3/t16-;14-;/m11./s1. The molecule has 10 heterocycles. The lowest BCUT2D eigenvalue weighted by atomic mass is 10.2. The number of fused-ring (bicyclic) bond motifs is 4. The normalized spacial score (nSPS) is 17.0. The minimum atomic E-state index is -0.109. The van der Waals surface area contributed by atoms with Crippen molar-refractivity contribution in [3.05, 3.63) is 117 Å². The first-order valence-electron chi connectivity index (χ1n) is 21.6. The maximum absolute atomic E-state index is 13.0. The number of rotatable bonds is 6. The van der Waals surface area contributed by atoms with Gasteiger partial charge in [-0.3, -0.25) is 28.4 Å². The number of hydrogen-bond acceptors (Lipinski definition) is 13. The number of aliphatic hydroxyl groups is 1. The van der Waals surface area contributed by atoms with E-state index in [-0.39, 0.29) is 11.1 Å². The number of piperazine rings is 2. The van der Waals surface area contributed by atoms with Crippen molar-refractivity contribution in [2.24, 2.45) is 0 Å². The third-order valence-corrected chi connectivity index (χ3v) is 11.8. The molecule has 8 aromatic rings. The predicted molar refractivity (Wildman–Crippen MR) is 247 cm³/mol. The Morgan fingerprint density at radius 3 is 1.59 bits per heavy atom. The van der Waals surface area contributed by atoms with Gasteiger partial charge in [0.25, 0.3) is 11.1 Å². The number of aryl methyl sites for hydroxylation is 4. The molecule has 0 amide bonds. The van der Waals surface area contributed by atoms with E-state index >= 15 is 0 Å². The third-order valence-electron chi connectivity index (χ3n) is 11.8. The number of likely N-dealkylation sites (N-methyl/N-ethyl adjacent to an activating group) is 1. The quantitative estimate of drug-likeness (QED) is 0.246. The van der Waals surface area contributed by atoms with Crippen LogP contribution in [0.15, 0.2) is 82.9 Å². The van der Waals surface area contributed by atoms with Crippen molar-refractivity contribution in [1.82, 2.24) is 58.2 Å². The predicted octanol–water partition coefficient (Wildman–Crippen LogP) is 4.10. The number of aliphatic hydroxyl groups excluding tert-OH is 1. The average Bonchev–Trinajstić information content (AvgIpc) is 3.92. The molecular formula is C46H56N14O3. The van der Waals surface area contributed by atoms with Gasteiger partial charge in [-0.15, -0.1) is 0 Å². The number of nitrogens with zero attached hydrogens (tertiary/aromatic N) is 13. The number of aromatic nitrogens is 10. The molecule has 2 fully saturated rings. The molecule has 63 heavy (non-hydrogen) atoms. The van der Waals surface area contributed by atoms with E-state index in [0.29, 0.717) is 46.2 Å². The van der Waals surface area contributed by atoms with E-state index in [9.17, 15) is 9.59 Å². The van der Waals surface area contributed by atoms with Gasteiger partial charge in [0.1, 0.15) is 22.7 Å². The minimum absolute atomic E-state index is 0.105. The van der Waals surface area contributed by atoms with E-state index in [1.165, 1.54) is 0 Å². The van der Waals surface area contributed by atoms with Crippen LogP contribution >= 0.6 is 0 Å². The summed E-state index contributed by atoms with van der Waals surface area (Å²) in [5, 5.41) is 19.8. The van der Waals surface area contributed by atoms with Gasteiger partial charge in [-0.1, -0.05) is 13.8 Å². The fourth-order valence-electron chi connectivity index (χ4n) is 8.41. The Morgan fingerprint density at radius 1 is 0.635 bits per heavy atom. The lowest BCUT2D eigenvalue weighted by Crippen LogP contribution is -2.50. The molecule has 2 N–H and O–H groups in total. The van der Waals surface area contributed by atoms with Crippen LogP contribution in [0, 0.1) is 13.8 Å². The highest BCUT2D eigenvalue weighted by Gasteiger charge is 2.22.